The molecule has 0 aromatic rings. The summed E-state index contributed by atoms with van der Waals surface area (Å²) in [6.07, 6.45) is -0.165. The van der Waals surface area contributed by atoms with Crippen molar-refractivity contribution in [3.05, 3.63) is 0 Å². The Labute approximate surface area is 64.4 Å². The van der Waals surface area contributed by atoms with Gasteiger partial charge in [-0.25, -0.2) is 0 Å². The molecule has 0 spiro atoms. The molecule has 0 radical (unpaired) electrons. The van der Waals surface area contributed by atoms with E-state index in [2.05, 4.69) is 0 Å². The highest BCUT2D eigenvalue weighted by molar-refractivity contribution is 8.03. The van der Waals surface area contributed by atoms with Gasteiger partial charge in [-0.05, 0) is 18.7 Å². The number of nitrogens with zero attached hydrogens (tertiary/aromatic N) is 1. The van der Waals surface area contributed by atoms with Gasteiger partial charge in [0, 0.05) is 12.7 Å². The Morgan fingerprint density at radius 1 is 1.90 bits per heavy atom. The molecule has 0 saturated carbocycles. The monoisotopic (exact) mass is 159 g/mol. The van der Waals surface area contributed by atoms with Crippen molar-refractivity contribution >= 4 is 17.7 Å². The van der Waals surface area contributed by atoms with Gasteiger partial charge in [-0.3, -0.25) is 4.79 Å². The third-order valence-corrected chi connectivity index (χ3v) is 1.51. The van der Waals surface area contributed by atoms with Crippen molar-refractivity contribution in [2.75, 3.05) is 5.75 Å². The standard InChI is InChI=1S/C6H9NO2S/c1-5(3-10-4-7)9-6(2)8/h5H,3H2,1-2H3. The summed E-state index contributed by atoms with van der Waals surface area (Å²) in [6.45, 7) is 3.11. The van der Waals surface area contributed by atoms with Crippen molar-refractivity contribution in [2.24, 2.45) is 0 Å². The highest BCUT2D eigenvalue weighted by Crippen LogP contribution is 2.02. The molecule has 0 N–H and O–H groups in total. The Kier molecular flexibility index (Phi) is 4.77. The molecule has 0 amide bonds. The van der Waals surface area contributed by atoms with Crippen molar-refractivity contribution in [1.29, 1.82) is 5.26 Å². The maximum Gasteiger partial charge on any atom is 0.302 e. The second kappa shape index (κ2) is 5.12. The minimum absolute atomic E-state index is 0.165. The third-order valence-electron chi connectivity index (χ3n) is 0.750. The van der Waals surface area contributed by atoms with E-state index in [1.807, 2.05) is 5.40 Å². The number of thiocyanates is 1. The van der Waals surface area contributed by atoms with Crippen molar-refractivity contribution in [2.45, 2.75) is 20.0 Å². The van der Waals surface area contributed by atoms with Crippen molar-refractivity contribution in [3.63, 3.8) is 0 Å². The number of carbonyl (C=O) groups is 1. The van der Waals surface area contributed by atoms with Gasteiger partial charge in [-0.1, -0.05) is 0 Å². The summed E-state index contributed by atoms with van der Waals surface area (Å²) in [4.78, 5) is 10.3. The summed E-state index contributed by atoms with van der Waals surface area (Å²) in [7, 11) is 0. The summed E-state index contributed by atoms with van der Waals surface area (Å²) in [5, 5.41) is 10.0. The van der Waals surface area contributed by atoms with Gasteiger partial charge in [-0.15, -0.1) is 0 Å². The normalized spacial score (nSPS) is 11.7. The first-order valence-corrected chi connectivity index (χ1v) is 3.83. The van der Waals surface area contributed by atoms with E-state index in [9.17, 15) is 4.79 Å². The van der Waals surface area contributed by atoms with E-state index < -0.39 is 0 Å². The minimum atomic E-state index is -0.300. The fourth-order valence-corrected chi connectivity index (χ4v) is 0.849. The zero-order chi connectivity index (χ0) is 7.98. The van der Waals surface area contributed by atoms with E-state index in [1.165, 1.54) is 6.92 Å². The van der Waals surface area contributed by atoms with Crippen LogP contribution in [0.1, 0.15) is 13.8 Å². The van der Waals surface area contributed by atoms with E-state index in [1.54, 1.807) is 6.92 Å². The number of rotatable bonds is 3. The number of thioether (sulfide) groups is 1. The maximum absolute atomic E-state index is 10.3. The van der Waals surface area contributed by atoms with Gasteiger partial charge in [0.1, 0.15) is 11.5 Å². The molecule has 0 rings (SSSR count). The fraction of sp³-hybridized carbons (Fsp3) is 0.667. The highest BCUT2D eigenvalue weighted by Gasteiger charge is 2.03. The molecule has 0 aromatic heterocycles. The molecule has 56 valence electrons. The Hall–Kier alpha value is -0.690. The summed E-state index contributed by atoms with van der Waals surface area (Å²) in [5.41, 5.74) is 0. The number of esters is 1. The smallest absolute Gasteiger partial charge is 0.302 e. The first-order chi connectivity index (χ1) is 4.66. The van der Waals surface area contributed by atoms with Crippen molar-refractivity contribution in [3.8, 4) is 5.40 Å². The quantitative estimate of drug-likeness (QED) is 0.458. The Bertz CT molecular complexity index is 152. The minimum Gasteiger partial charge on any atom is -0.462 e. The summed E-state index contributed by atoms with van der Waals surface area (Å²) >= 11 is 1.09. The van der Waals surface area contributed by atoms with Crippen LogP contribution < -0.4 is 0 Å². The lowest BCUT2D eigenvalue weighted by atomic mass is 10.5. The van der Waals surface area contributed by atoms with Gasteiger partial charge in [0.05, 0.1) is 0 Å². The molecular formula is C6H9NO2S. The van der Waals surface area contributed by atoms with Crippen LogP contribution in [0.4, 0.5) is 0 Å². The lowest BCUT2D eigenvalue weighted by molar-refractivity contribution is -0.144. The lowest BCUT2D eigenvalue weighted by Crippen LogP contribution is -2.14. The number of hydrogen-bond acceptors (Lipinski definition) is 4. The van der Waals surface area contributed by atoms with E-state index in [4.69, 9.17) is 10.00 Å². The SMILES string of the molecule is CC(=O)OC(C)CSC#N. The second-order valence-electron chi connectivity index (χ2n) is 1.82. The van der Waals surface area contributed by atoms with Gasteiger partial charge in [0.25, 0.3) is 0 Å². The molecule has 0 aromatic carbocycles. The summed E-state index contributed by atoms with van der Waals surface area (Å²) in [6, 6.07) is 0. The lowest BCUT2D eigenvalue weighted by Gasteiger charge is -2.07. The van der Waals surface area contributed by atoms with Gasteiger partial charge < -0.3 is 4.74 Å². The highest BCUT2D eigenvalue weighted by atomic mass is 32.2. The molecule has 1 atom stereocenters. The van der Waals surface area contributed by atoms with Crippen LogP contribution in [0, 0.1) is 10.7 Å². The van der Waals surface area contributed by atoms with Gasteiger partial charge in [0.2, 0.25) is 0 Å². The predicted molar refractivity (Wildman–Crippen MR) is 39.3 cm³/mol. The Morgan fingerprint density at radius 2 is 2.50 bits per heavy atom. The molecule has 0 bridgehead atoms. The fourth-order valence-electron chi connectivity index (χ4n) is 0.472. The van der Waals surface area contributed by atoms with Crippen LogP contribution in [0.2, 0.25) is 0 Å². The average Bonchev–Trinajstić information content (AvgIpc) is 1.82. The molecule has 0 fully saturated rings. The van der Waals surface area contributed by atoms with Gasteiger partial charge >= 0.3 is 5.97 Å². The molecule has 0 saturated heterocycles. The summed E-state index contributed by atoms with van der Waals surface area (Å²) in [5.74, 6) is 0.238. The van der Waals surface area contributed by atoms with Crippen LogP contribution in [-0.4, -0.2) is 17.8 Å². The molecule has 0 aliphatic heterocycles. The molecule has 10 heavy (non-hydrogen) atoms. The van der Waals surface area contributed by atoms with Crippen molar-refractivity contribution in [1.82, 2.24) is 0 Å². The first kappa shape index (κ1) is 9.31. The Morgan fingerprint density at radius 3 is 2.90 bits per heavy atom. The number of ether oxygens (including phenoxy) is 1. The predicted octanol–water partition coefficient (Wildman–Crippen LogP) is 1.15. The summed E-state index contributed by atoms with van der Waals surface area (Å²) < 4.78 is 4.74. The van der Waals surface area contributed by atoms with Crippen LogP contribution in [0.5, 0.6) is 0 Å². The van der Waals surface area contributed by atoms with Crippen LogP contribution in [0.15, 0.2) is 0 Å². The topological polar surface area (TPSA) is 50.1 Å². The second-order valence-corrected chi connectivity index (χ2v) is 2.63. The van der Waals surface area contributed by atoms with Crippen molar-refractivity contribution < 1.29 is 9.53 Å². The third kappa shape index (κ3) is 5.45. The molecule has 4 heteroatoms. The largest absolute Gasteiger partial charge is 0.462 e. The molecular weight excluding hydrogens is 150 g/mol. The maximum atomic E-state index is 10.3. The molecule has 3 nitrogen and oxygen atoms in total. The molecule has 0 aliphatic carbocycles. The number of carbonyl (C=O) groups excluding carboxylic acids is 1. The molecule has 0 aliphatic rings. The first-order valence-electron chi connectivity index (χ1n) is 2.85. The zero-order valence-electron chi connectivity index (χ0n) is 5.96. The van der Waals surface area contributed by atoms with E-state index >= 15 is 0 Å². The van der Waals surface area contributed by atoms with E-state index in [-0.39, 0.29) is 12.1 Å². The van der Waals surface area contributed by atoms with Crippen LogP contribution in [0.25, 0.3) is 0 Å². The van der Waals surface area contributed by atoms with E-state index in [0.29, 0.717) is 5.75 Å². The van der Waals surface area contributed by atoms with Crippen LogP contribution in [0.3, 0.4) is 0 Å². The number of nitriles is 1. The average molecular weight is 159 g/mol. The Balaban J connectivity index is 3.36. The van der Waals surface area contributed by atoms with Gasteiger partial charge in [0.15, 0.2) is 0 Å². The van der Waals surface area contributed by atoms with E-state index in [0.717, 1.165) is 11.8 Å². The number of hydrogen-bond donors (Lipinski definition) is 0. The van der Waals surface area contributed by atoms with Gasteiger partial charge in [-0.2, -0.15) is 5.26 Å². The molecule has 0 heterocycles. The zero-order valence-corrected chi connectivity index (χ0v) is 6.77. The van der Waals surface area contributed by atoms with Crippen LogP contribution in [-0.2, 0) is 9.53 Å². The molecule has 1 unspecified atom stereocenters. The van der Waals surface area contributed by atoms with Crippen LogP contribution >= 0.6 is 11.8 Å².